The highest BCUT2D eigenvalue weighted by Crippen LogP contribution is 2.17. The van der Waals surface area contributed by atoms with Crippen LogP contribution in [0.15, 0.2) is 0 Å². The Bertz CT molecular complexity index is 111. The minimum Gasteiger partial charge on any atom is -0.318 e. The molecule has 0 spiro atoms. The number of hydrogen-bond donors (Lipinski definition) is 1. The minimum atomic E-state index is 0.353. The van der Waals surface area contributed by atoms with Crippen molar-refractivity contribution in [3.05, 3.63) is 0 Å². The zero-order valence-corrected chi connectivity index (χ0v) is 11.3. The summed E-state index contributed by atoms with van der Waals surface area (Å²) in [6, 6.07) is 0. The normalized spacial score (nSPS) is 11.1. The lowest BCUT2D eigenvalue weighted by Gasteiger charge is -2.35. The quantitative estimate of drug-likeness (QED) is 0.712. The first-order chi connectivity index (χ1) is 6.54. The number of hydrogen-bond acceptors (Lipinski definition) is 2. The van der Waals surface area contributed by atoms with Crippen LogP contribution in [0.25, 0.3) is 0 Å². The van der Waals surface area contributed by atoms with Gasteiger partial charge in [-0.1, -0.05) is 27.2 Å². The molecule has 0 amide bonds. The largest absolute Gasteiger partial charge is 0.318 e. The Morgan fingerprint density at radius 3 is 2.07 bits per heavy atom. The molecule has 2 nitrogen and oxygen atoms in total. The van der Waals surface area contributed by atoms with Gasteiger partial charge in [-0.15, -0.1) is 0 Å². The van der Waals surface area contributed by atoms with Crippen LogP contribution >= 0.6 is 0 Å². The van der Waals surface area contributed by atoms with E-state index in [1.165, 1.54) is 12.8 Å². The third-order valence-electron chi connectivity index (χ3n) is 2.59. The predicted molar refractivity (Wildman–Crippen MR) is 66.9 cm³/mol. The summed E-state index contributed by atoms with van der Waals surface area (Å²) in [5.74, 6) is 0. The maximum Gasteiger partial charge on any atom is 0.0150 e. The van der Waals surface area contributed by atoms with Crippen LogP contribution in [0, 0.1) is 0 Å². The summed E-state index contributed by atoms with van der Waals surface area (Å²) in [5.41, 5.74) is 0.353. The predicted octanol–water partition coefficient (Wildman–Crippen LogP) is 2.74. The molecule has 2 heteroatoms. The van der Waals surface area contributed by atoms with Crippen LogP contribution < -0.4 is 5.32 Å². The molecule has 0 radical (unpaired) electrons. The topological polar surface area (TPSA) is 15.3 Å². The summed E-state index contributed by atoms with van der Waals surface area (Å²) in [4.78, 5) is 2.42. The fourth-order valence-corrected chi connectivity index (χ4v) is 1.38. The zero-order valence-electron chi connectivity index (χ0n) is 11.3. The van der Waals surface area contributed by atoms with E-state index in [0.29, 0.717) is 5.54 Å². The van der Waals surface area contributed by atoms with Crippen molar-refractivity contribution in [1.82, 2.24) is 10.2 Å². The zero-order chi connectivity index (χ0) is 11.6. The second-order valence-corrected chi connectivity index (χ2v) is 4.09. The third-order valence-corrected chi connectivity index (χ3v) is 2.59. The molecule has 0 aromatic rings. The Morgan fingerprint density at radius 1 is 1.21 bits per heavy atom. The van der Waals surface area contributed by atoms with E-state index in [1.807, 2.05) is 20.9 Å². The van der Waals surface area contributed by atoms with E-state index in [1.54, 1.807) is 0 Å². The number of nitrogens with zero attached hydrogens (tertiary/aromatic N) is 1. The van der Waals surface area contributed by atoms with Gasteiger partial charge in [-0.3, -0.25) is 4.90 Å². The first kappa shape index (κ1) is 16.4. The van der Waals surface area contributed by atoms with Crippen molar-refractivity contribution in [1.29, 1.82) is 0 Å². The van der Waals surface area contributed by atoms with Gasteiger partial charge >= 0.3 is 0 Å². The van der Waals surface area contributed by atoms with Crippen molar-refractivity contribution in [2.75, 3.05) is 27.2 Å². The lowest BCUT2D eigenvalue weighted by Crippen LogP contribution is -2.43. The molecular formula is C12H30N2. The Morgan fingerprint density at radius 2 is 1.71 bits per heavy atom. The van der Waals surface area contributed by atoms with Gasteiger partial charge in [0.25, 0.3) is 0 Å². The molecule has 0 fully saturated rings. The molecule has 14 heavy (non-hydrogen) atoms. The third kappa shape index (κ3) is 7.34. The molecule has 0 aliphatic carbocycles. The average molecular weight is 202 g/mol. The van der Waals surface area contributed by atoms with E-state index >= 15 is 0 Å². The molecule has 0 saturated carbocycles. The summed E-state index contributed by atoms with van der Waals surface area (Å²) in [6.45, 7) is 13.1. The SMILES string of the molecule is CC.CCCC(C)(C)N(C)CCNC. The second-order valence-electron chi connectivity index (χ2n) is 4.09. The summed E-state index contributed by atoms with van der Waals surface area (Å²) in [7, 11) is 4.20. The Labute approximate surface area is 91.1 Å². The number of rotatable bonds is 6. The van der Waals surface area contributed by atoms with Gasteiger partial charge in [0.1, 0.15) is 0 Å². The summed E-state index contributed by atoms with van der Waals surface area (Å²) in [5, 5.41) is 3.17. The number of nitrogens with one attached hydrogen (secondary N) is 1. The lowest BCUT2D eigenvalue weighted by molar-refractivity contribution is 0.146. The van der Waals surface area contributed by atoms with Crippen molar-refractivity contribution in [2.45, 2.75) is 53.0 Å². The van der Waals surface area contributed by atoms with Crippen molar-refractivity contribution < 1.29 is 0 Å². The van der Waals surface area contributed by atoms with Gasteiger partial charge in [-0.05, 0) is 34.4 Å². The van der Waals surface area contributed by atoms with E-state index in [-0.39, 0.29) is 0 Å². The monoisotopic (exact) mass is 202 g/mol. The molecule has 0 aromatic carbocycles. The molecule has 1 N–H and O–H groups in total. The van der Waals surface area contributed by atoms with Crippen molar-refractivity contribution in [3.63, 3.8) is 0 Å². The molecule has 0 unspecified atom stereocenters. The molecule has 0 heterocycles. The highest BCUT2D eigenvalue weighted by molar-refractivity contribution is 4.78. The van der Waals surface area contributed by atoms with E-state index < -0.39 is 0 Å². The maximum absolute atomic E-state index is 3.17. The summed E-state index contributed by atoms with van der Waals surface area (Å²) < 4.78 is 0. The smallest absolute Gasteiger partial charge is 0.0150 e. The first-order valence-electron chi connectivity index (χ1n) is 5.90. The molecule has 0 aromatic heterocycles. The standard InChI is InChI=1S/C10H24N2.C2H6/c1-6-7-10(2,3)12(5)9-8-11-4;1-2/h11H,6-9H2,1-5H3;1-2H3. The van der Waals surface area contributed by atoms with Crippen LogP contribution in [0.2, 0.25) is 0 Å². The van der Waals surface area contributed by atoms with E-state index in [0.717, 1.165) is 13.1 Å². The van der Waals surface area contributed by atoms with Gasteiger partial charge in [-0.25, -0.2) is 0 Å². The van der Waals surface area contributed by atoms with Gasteiger partial charge in [0.2, 0.25) is 0 Å². The Hall–Kier alpha value is -0.0800. The van der Waals surface area contributed by atoms with Gasteiger partial charge in [-0.2, -0.15) is 0 Å². The van der Waals surface area contributed by atoms with Crippen LogP contribution in [0.4, 0.5) is 0 Å². The fraction of sp³-hybridized carbons (Fsp3) is 1.00. The van der Waals surface area contributed by atoms with Crippen molar-refractivity contribution >= 4 is 0 Å². The average Bonchev–Trinajstić information content (AvgIpc) is 2.17. The van der Waals surface area contributed by atoms with Crippen LogP contribution in [-0.2, 0) is 0 Å². The first-order valence-corrected chi connectivity index (χ1v) is 5.90. The molecule has 0 aliphatic heterocycles. The van der Waals surface area contributed by atoms with E-state index in [9.17, 15) is 0 Å². The molecule has 0 bridgehead atoms. The summed E-state index contributed by atoms with van der Waals surface area (Å²) >= 11 is 0. The highest BCUT2D eigenvalue weighted by atomic mass is 15.2. The van der Waals surface area contributed by atoms with Gasteiger partial charge < -0.3 is 5.32 Å². The van der Waals surface area contributed by atoms with E-state index in [2.05, 4.69) is 38.0 Å². The lowest BCUT2D eigenvalue weighted by atomic mass is 9.97. The Balaban J connectivity index is 0. The minimum absolute atomic E-state index is 0.353. The van der Waals surface area contributed by atoms with Crippen LogP contribution in [0.1, 0.15) is 47.5 Å². The highest BCUT2D eigenvalue weighted by Gasteiger charge is 2.21. The van der Waals surface area contributed by atoms with Crippen molar-refractivity contribution in [2.24, 2.45) is 0 Å². The molecule has 0 rings (SSSR count). The summed E-state index contributed by atoms with van der Waals surface area (Å²) in [6.07, 6.45) is 2.53. The van der Waals surface area contributed by atoms with Gasteiger partial charge in [0, 0.05) is 18.6 Å². The fourth-order valence-electron chi connectivity index (χ4n) is 1.38. The van der Waals surface area contributed by atoms with Crippen LogP contribution in [0.5, 0.6) is 0 Å². The van der Waals surface area contributed by atoms with Gasteiger partial charge in [0.05, 0.1) is 0 Å². The molecule has 0 atom stereocenters. The molecule has 0 saturated heterocycles. The Kier molecular flexibility index (Phi) is 11.1. The molecular weight excluding hydrogens is 172 g/mol. The maximum atomic E-state index is 3.17. The van der Waals surface area contributed by atoms with Crippen molar-refractivity contribution in [3.8, 4) is 0 Å². The molecule has 88 valence electrons. The number of likely N-dealkylation sites (N-methyl/N-ethyl adjacent to an activating group) is 2. The van der Waals surface area contributed by atoms with Crippen LogP contribution in [0.3, 0.4) is 0 Å². The van der Waals surface area contributed by atoms with Gasteiger partial charge in [0.15, 0.2) is 0 Å². The van der Waals surface area contributed by atoms with E-state index in [4.69, 9.17) is 0 Å². The molecule has 0 aliphatic rings. The van der Waals surface area contributed by atoms with Crippen LogP contribution in [-0.4, -0.2) is 37.6 Å². The second kappa shape index (κ2) is 9.47.